The summed E-state index contributed by atoms with van der Waals surface area (Å²) in [6.45, 7) is 17.5. The molecule has 2 atom stereocenters. The average Bonchev–Trinajstić information content (AvgIpc) is 3.78. The van der Waals surface area contributed by atoms with Crippen LogP contribution in [0, 0.1) is 11.3 Å². The number of nitrogens with one attached hydrogen (secondary N) is 1. The highest BCUT2D eigenvalue weighted by Crippen LogP contribution is 2.44. The fraction of sp³-hybridized carbons (Fsp3) is 0.564. The van der Waals surface area contributed by atoms with E-state index in [1.165, 1.54) is 11.8 Å². The third kappa shape index (κ3) is 10.5. The standard InChI is InChI=1S/C37H53ClN4O4.C2H5N/c1-8-11-28(26-15-20-42(21-16-26)35(44)46-24-36(4,5)17-10-3)29-14-13-27(38)22-31(29)30(12-9-2)33(32-23-39-25-41(32)6)40-34(43)37(45-7)18-19-37;1-2-3/h8,12-14,22-23,25-26,28,33H,1,9-11,15-21,24H2,2-7H3,(H,40,43);2H,1,3H2/b30-12+;. The van der Waals surface area contributed by atoms with Crippen LogP contribution in [0.2, 0.25) is 5.02 Å². The third-order valence-electron chi connectivity index (χ3n) is 9.70. The van der Waals surface area contributed by atoms with Crippen LogP contribution in [0.4, 0.5) is 4.79 Å². The predicted octanol–water partition coefficient (Wildman–Crippen LogP) is 8.33. The summed E-state index contributed by atoms with van der Waals surface area (Å²) in [5.74, 6) is 0.365. The van der Waals surface area contributed by atoms with E-state index in [2.05, 4.69) is 69.0 Å². The molecule has 1 aliphatic carbocycles. The number of hydrogen-bond donors (Lipinski definition) is 2. The quantitative estimate of drug-likeness (QED) is 0.181. The van der Waals surface area contributed by atoms with Crippen LogP contribution < -0.4 is 11.1 Å². The minimum absolute atomic E-state index is 0.0257. The molecule has 270 valence electrons. The number of nitrogens with zero attached hydrogens (tertiary/aromatic N) is 3. The molecule has 4 rings (SSSR count). The van der Waals surface area contributed by atoms with Crippen molar-refractivity contribution in [3.05, 3.63) is 84.1 Å². The maximum absolute atomic E-state index is 13.6. The van der Waals surface area contributed by atoms with Crippen LogP contribution in [0.1, 0.15) is 108 Å². The molecule has 49 heavy (non-hydrogen) atoms. The van der Waals surface area contributed by atoms with Gasteiger partial charge in [-0.15, -0.1) is 6.58 Å². The Morgan fingerprint density at radius 1 is 1.22 bits per heavy atom. The van der Waals surface area contributed by atoms with E-state index in [-0.39, 0.29) is 23.3 Å². The summed E-state index contributed by atoms with van der Waals surface area (Å²) < 4.78 is 13.3. The highest BCUT2D eigenvalue weighted by atomic mass is 35.5. The van der Waals surface area contributed by atoms with Crippen molar-refractivity contribution in [2.75, 3.05) is 26.8 Å². The first-order valence-electron chi connectivity index (χ1n) is 17.6. The Kier molecular flexibility index (Phi) is 15.0. The lowest BCUT2D eigenvalue weighted by molar-refractivity contribution is -0.134. The Labute approximate surface area is 299 Å². The number of methoxy groups -OCH3 is 1. The number of piperidine rings is 1. The third-order valence-corrected chi connectivity index (χ3v) is 9.93. The zero-order valence-electron chi connectivity index (χ0n) is 30.5. The van der Waals surface area contributed by atoms with Crippen molar-refractivity contribution >= 4 is 29.2 Å². The second-order valence-corrected chi connectivity index (χ2v) is 14.4. The van der Waals surface area contributed by atoms with Crippen molar-refractivity contribution in [2.45, 2.75) is 96.6 Å². The topological polar surface area (TPSA) is 112 Å². The monoisotopic (exact) mass is 695 g/mol. The van der Waals surface area contributed by atoms with Gasteiger partial charge in [-0.05, 0) is 97.2 Å². The number of halogens is 1. The molecular formula is C39H58ClN5O4. The lowest BCUT2D eigenvalue weighted by Crippen LogP contribution is -2.41. The molecule has 1 saturated heterocycles. The number of amides is 2. The van der Waals surface area contributed by atoms with Gasteiger partial charge in [0.2, 0.25) is 0 Å². The van der Waals surface area contributed by atoms with Crippen LogP contribution in [0.5, 0.6) is 0 Å². The SMILES string of the molecule is C=CCC(c1ccc(Cl)cc1/C(=C\CC)C(NC(=O)C1(OC)CC1)c1cncn1C)C1CCN(C(=O)OCC(C)(C)CCC)CC1.C=CN. The number of carbonyl (C=O) groups is 2. The second kappa shape index (κ2) is 18.4. The predicted molar refractivity (Wildman–Crippen MR) is 199 cm³/mol. The first-order valence-corrected chi connectivity index (χ1v) is 18.0. The molecule has 0 radical (unpaired) electrons. The van der Waals surface area contributed by atoms with E-state index >= 15 is 0 Å². The zero-order chi connectivity index (χ0) is 36.2. The first kappa shape index (κ1) is 39.9. The molecular weight excluding hydrogens is 638 g/mol. The van der Waals surface area contributed by atoms with E-state index < -0.39 is 11.6 Å². The van der Waals surface area contributed by atoms with Crippen molar-refractivity contribution in [2.24, 2.45) is 24.1 Å². The summed E-state index contributed by atoms with van der Waals surface area (Å²) in [5, 5.41) is 3.96. The van der Waals surface area contributed by atoms with Gasteiger partial charge in [-0.3, -0.25) is 4.79 Å². The van der Waals surface area contributed by atoms with E-state index in [0.29, 0.717) is 43.5 Å². The van der Waals surface area contributed by atoms with Crippen molar-refractivity contribution in [1.82, 2.24) is 19.8 Å². The van der Waals surface area contributed by atoms with Gasteiger partial charge in [-0.1, -0.05) is 70.5 Å². The van der Waals surface area contributed by atoms with E-state index in [1.807, 2.05) is 40.9 Å². The Balaban J connectivity index is 0.00000209. The Morgan fingerprint density at radius 2 is 1.90 bits per heavy atom. The van der Waals surface area contributed by atoms with Crippen LogP contribution in [0.25, 0.3) is 5.57 Å². The van der Waals surface area contributed by atoms with E-state index in [1.54, 1.807) is 13.4 Å². The molecule has 2 amide bonds. The summed E-state index contributed by atoms with van der Waals surface area (Å²) in [6.07, 6.45) is 15.5. The molecule has 10 heteroatoms. The van der Waals surface area contributed by atoms with Gasteiger partial charge in [0.15, 0.2) is 0 Å². The number of aromatic nitrogens is 2. The van der Waals surface area contributed by atoms with Gasteiger partial charge in [0.05, 0.1) is 30.9 Å². The molecule has 9 nitrogen and oxygen atoms in total. The molecule has 2 fully saturated rings. The zero-order valence-corrected chi connectivity index (χ0v) is 31.2. The number of nitrogens with two attached hydrogens (primary N) is 1. The van der Waals surface area contributed by atoms with E-state index in [9.17, 15) is 9.59 Å². The number of ether oxygens (including phenoxy) is 2. The number of aryl methyl sites for hydroxylation is 1. The highest BCUT2D eigenvalue weighted by molar-refractivity contribution is 6.30. The van der Waals surface area contributed by atoms with E-state index in [4.69, 9.17) is 21.1 Å². The van der Waals surface area contributed by atoms with Gasteiger partial charge in [-0.2, -0.15) is 0 Å². The van der Waals surface area contributed by atoms with Gasteiger partial charge in [0.25, 0.3) is 5.91 Å². The first-order chi connectivity index (χ1) is 23.4. The smallest absolute Gasteiger partial charge is 0.409 e. The van der Waals surface area contributed by atoms with Crippen LogP contribution in [0.15, 0.2) is 62.2 Å². The summed E-state index contributed by atoms with van der Waals surface area (Å²) >= 11 is 6.71. The fourth-order valence-electron chi connectivity index (χ4n) is 6.90. The Morgan fingerprint density at radius 3 is 2.43 bits per heavy atom. The number of allylic oxidation sites excluding steroid dienone is 2. The van der Waals surface area contributed by atoms with Crippen LogP contribution >= 0.6 is 11.6 Å². The molecule has 0 spiro atoms. The number of carbonyl (C=O) groups excluding carboxylic acids is 2. The largest absolute Gasteiger partial charge is 0.449 e. The molecule has 2 heterocycles. The number of likely N-dealkylation sites (tertiary alicyclic amines) is 1. The minimum atomic E-state index is -0.780. The maximum Gasteiger partial charge on any atom is 0.409 e. The van der Waals surface area contributed by atoms with E-state index in [0.717, 1.165) is 55.4 Å². The van der Waals surface area contributed by atoms with Crippen molar-refractivity contribution in [3.8, 4) is 0 Å². The van der Waals surface area contributed by atoms with Gasteiger partial charge in [-0.25, -0.2) is 9.78 Å². The van der Waals surface area contributed by atoms with Crippen LogP contribution in [-0.4, -0.2) is 58.9 Å². The molecule has 0 bridgehead atoms. The van der Waals surface area contributed by atoms with Crippen LogP contribution in [-0.2, 0) is 21.3 Å². The molecule has 1 saturated carbocycles. The van der Waals surface area contributed by atoms with Gasteiger partial charge < -0.3 is 30.0 Å². The van der Waals surface area contributed by atoms with Crippen LogP contribution in [0.3, 0.4) is 0 Å². The summed E-state index contributed by atoms with van der Waals surface area (Å²) in [4.78, 5) is 32.8. The van der Waals surface area contributed by atoms with Crippen molar-refractivity contribution in [3.63, 3.8) is 0 Å². The number of hydrogen-bond acceptors (Lipinski definition) is 6. The lowest BCUT2D eigenvalue weighted by atomic mass is 9.75. The fourth-order valence-corrected chi connectivity index (χ4v) is 7.07. The second-order valence-electron chi connectivity index (χ2n) is 14.0. The summed E-state index contributed by atoms with van der Waals surface area (Å²) in [5.41, 5.74) is 7.84. The summed E-state index contributed by atoms with van der Waals surface area (Å²) in [7, 11) is 3.54. The Bertz CT molecular complexity index is 1440. The highest BCUT2D eigenvalue weighted by Gasteiger charge is 2.51. The molecule has 2 unspecified atom stereocenters. The summed E-state index contributed by atoms with van der Waals surface area (Å²) in [6, 6.07) is 5.65. The molecule has 3 N–H and O–H groups in total. The van der Waals surface area contributed by atoms with Gasteiger partial charge in [0, 0.05) is 32.3 Å². The average molecular weight is 696 g/mol. The lowest BCUT2D eigenvalue weighted by Gasteiger charge is -2.37. The molecule has 2 aromatic rings. The molecule has 1 aliphatic heterocycles. The minimum Gasteiger partial charge on any atom is -0.449 e. The van der Waals surface area contributed by atoms with Gasteiger partial charge in [0.1, 0.15) is 5.60 Å². The number of benzene rings is 1. The molecule has 2 aliphatic rings. The molecule has 1 aromatic carbocycles. The van der Waals surface area contributed by atoms with Gasteiger partial charge >= 0.3 is 6.09 Å². The number of imidazole rings is 1. The maximum atomic E-state index is 13.6. The van der Waals surface area contributed by atoms with Crippen molar-refractivity contribution < 1.29 is 19.1 Å². The molecule has 1 aromatic heterocycles. The number of rotatable bonds is 15. The normalized spacial score (nSPS) is 17.3. The Hall–Kier alpha value is -3.56. The van der Waals surface area contributed by atoms with Crippen molar-refractivity contribution in [1.29, 1.82) is 0 Å².